The Balaban J connectivity index is 0.995. The largest absolute Gasteiger partial charge is 0.310 e. The highest BCUT2D eigenvalue weighted by Gasteiger charge is 2.36. The Hall–Kier alpha value is -6.90. The van der Waals surface area contributed by atoms with E-state index in [9.17, 15) is 0 Å². The van der Waals surface area contributed by atoms with Crippen molar-refractivity contribution in [3.8, 4) is 0 Å². The summed E-state index contributed by atoms with van der Waals surface area (Å²) in [7, 11) is 0. The van der Waals surface area contributed by atoms with Crippen LogP contribution in [0.5, 0.6) is 0 Å². The molecule has 0 bridgehead atoms. The summed E-state index contributed by atoms with van der Waals surface area (Å²) < 4.78 is 0. The van der Waals surface area contributed by atoms with E-state index in [0.29, 0.717) is 0 Å². The SMILES string of the molecule is CC1(C)c2ccccc2N(c2ccccc2)c2ccc(/C=C/c3ccc4cc(N(c5ccc6ccccc6c5)c5ccc6ccccc6c5)ccc4c3)cc21. The van der Waals surface area contributed by atoms with Gasteiger partial charge in [0.15, 0.2) is 0 Å². The first-order valence-corrected chi connectivity index (χ1v) is 19.1. The quantitative estimate of drug-likeness (QED) is 0.159. The van der Waals surface area contributed by atoms with Crippen molar-refractivity contribution in [3.63, 3.8) is 0 Å². The van der Waals surface area contributed by atoms with E-state index in [1.54, 1.807) is 0 Å². The van der Waals surface area contributed by atoms with Gasteiger partial charge in [-0.3, -0.25) is 0 Å². The maximum atomic E-state index is 2.40. The molecule has 55 heavy (non-hydrogen) atoms. The van der Waals surface area contributed by atoms with Crippen molar-refractivity contribution in [1.82, 2.24) is 0 Å². The summed E-state index contributed by atoms with van der Waals surface area (Å²) in [6.07, 6.45) is 4.49. The molecule has 10 rings (SSSR count). The average molecular weight is 705 g/mol. The summed E-state index contributed by atoms with van der Waals surface area (Å²) in [5, 5.41) is 7.35. The summed E-state index contributed by atoms with van der Waals surface area (Å²) in [5.74, 6) is 0. The number of nitrogens with zero attached hydrogens (tertiary/aromatic N) is 2. The van der Waals surface area contributed by atoms with Crippen LogP contribution in [-0.2, 0) is 5.41 Å². The van der Waals surface area contributed by atoms with Gasteiger partial charge in [-0.2, -0.15) is 0 Å². The minimum absolute atomic E-state index is 0.144. The first kappa shape index (κ1) is 32.7. The van der Waals surface area contributed by atoms with Crippen LogP contribution in [0.3, 0.4) is 0 Å². The number of anilines is 6. The predicted octanol–water partition coefficient (Wildman–Crippen LogP) is 14.9. The summed E-state index contributed by atoms with van der Waals surface area (Å²) in [6, 6.07) is 70.7. The third-order valence-electron chi connectivity index (χ3n) is 11.3. The third kappa shape index (κ3) is 5.84. The molecule has 1 aliphatic heterocycles. The van der Waals surface area contributed by atoms with Crippen molar-refractivity contribution in [1.29, 1.82) is 0 Å². The van der Waals surface area contributed by atoms with Gasteiger partial charge in [-0.05, 0) is 127 Å². The maximum absolute atomic E-state index is 2.40. The van der Waals surface area contributed by atoms with E-state index in [1.807, 2.05) is 0 Å². The molecule has 2 heteroatoms. The van der Waals surface area contributed by atoms with Gasteiger partial charge in [0, 0.05) is 28.2 Å². The number of para-hydroxylation sites is 2. The lowest BCUT2D eigenvalue weighted by Gasteiger charge is -2.42. The Morgan fingerprint density at radius 1 is 0.382 bits per heavy atom. The Bertz CT molecular complexity index is 2840. The molecule has 0 fully saturated rings. The predicted molar refractivity (Wildman–Crippen MR) is 236 cm³/mol. The molecule has 0 aromatic heterocycles. The van der Waals surface area contributed by atoms with Gasteiger partial charge in [0.05, 0.1) is 11.4 Å². The molecule has 0 aliphatic carbocycles. The second-order valence-electron chi connectivity index (χ2n) is 15.1. The molecule has 2 nitrogen and oxygen atoms in total. The number of rotatable bonds is 6. The molecular weight excluding hydrogens is 665 g/mol. The van der Waals surface area contributed by atoms with Crippen molar-refractivity contribution < 1.29 is 0 Å². The second kappa shape index (κ2) is 13.2. The van der Waals surface area contributed by atoms with Crippen LogP contribution in [0.25, 0.3) is 44.5 Å². The minimum atomic E-state index is -0.144. The molecule has 0 radical (unpaired) electrons. The summed E-state index contributed by atoms with van der Waals surface area (Å²) in [5.41, 5.74) is 11.9. The fraction of sp³-hybridized carbons (Fsp3) is 0.0566. The van der Waals surface area contributed by atoms with Gasteiger partial charge in [0.2, 0.25) is 0 Å². The number of hydrogen-bond donors (Lipinski definition) is 0. The summed E-state index contributed by atoms with van der Waals surface area (Å²) >= 11 is 0. The summed E-state index contributed by atoms with van der Waals surface area (Å²) in [6.45, 7) is 4.69. The van der Waals surface area contributed by atoms with Crippen LogP contribution in [-0.4, -0.2) is 0 Å². The molecule has 0 amide bonds. The van der Waals surface area contributed by atoms with Gasteiger partial charge in [-0.25, -0.2) is 0 Å². The lowest BCUT2D eigenvalue weighted by Crippen LogP contribution is -2.30. The Labute approximate surface area is 322 Å². The normalized spacial score (nSPS) is 13.3. The summed E-state index contributed by atoms with van der Waals surface area (Å²) in [4.78, 5) is 4.78. The van der Waals surface area contributed by atoms with E-state index in [2.05, 4.69) is 230 Å². The van der Waals surface area contributed by atoms with Crippen LogP contribution in [0.1, 0.15) is 36.1 Å². The molecule has 1 aliphatic rings. The van der Waals surface area contributed by atoms with Crippen molar-refractivity contribution in [2.24, 2.45) is 0 Å². The van der Waals surface area contributed by atoms with Crippen LogP contribution in [0, 0.1) is 0 Å². The highest BCUT2D eigenvalue weighted by atomic mass is 15.2. The molecule has 0 spiro atoms. The molecular formula is C53H40N2. The molecule has 1 heterocycles. The van der Waals surface area contributed by atoms with Gasteiger partial charge in [0.25, 0.3) is 0 Å². The van der Waals surface area contributed by atoms with Crippen LogP contribution in [0.2, 0.25) is 0 Å². The van der Waals surface area contributed by atoms with Crippen LogP contribution in [0.15, 0.2) is 194 Å². The van der Waals surface area contributed by atoms with Gasteiger partial charge in [-0.15, -0.1) is 0 Å². The third-order valence-corrected chi connectivity index (χ3v) is 11.3. The van der Waals surface area contributed by atoms with Crippen molar-refractivity contribution >= 4 is 78.6 Å². The van der Waals surface area contributed by atoms with Crippen LogP contribution < -0.4 is 9.80 Å². The van der Waals surface area contributed by atoms with Gasteiger partial charge in [0.1, 0.15) is 0 Å². The first-order valence-electron chi connectivity index (χ1n) is 19.1. The Morgan fingerprint density at radius 2 is 0.836 bits per heavy atom. The number of hydrogen-bond acceptors (Lipinski definition) is 2. The zero-order valence-electron chi connectivity index (χ0n) is 31.0. The minimum Gasteiger partial charge on any atom is -0.310 e. The Kier molecular flexibility index (Phi) is 7.85. The lowest BCUT2D eigenvalue weighted by atomic mass is 9.73. The molecule has 262 valence electrons. The zero-order valence-corrected chi connectivity index (χ0v) is 31.0. The van der Waals surface area contributed by atoms with E-state index < -0.39 is 0 Å². The average Bonchev–Trinajstić information content (AvgIpc) is 3.23. The van der Waals surface area contributed by atoms with Crippen molar-refractivity contribution in [2.45, 2.75) is 19.3 Å². The fourth-order valence-corrected chi connectivity index (χ4v) is 8.45. The zero-order chi connectivity index (χ0) is 36.9. The van der Waals surface area contributed by atoms with E-state index in [-0.39, 0.29) is 5.41 Å². The Morgan fingerprint density at radius 3 is 1.49 bits per heavy atom. The highest BCUT2D eigenvalue weighted by Crippen LogP contribution is 2.52. The van der Waals surface area contributed by atoms with E-state index in [0.717, 1.165) is 17.1 Å². The van der Waals surface area contributed by atoms with Gasteiger partial charge < -0.3 is 9.80 Å². The first-order chi connectivity index (χ1) is 27.0. The van der Waals surface area contributed by atoms with Gasteiger partial charge >= 0.3 is 0 Å². The highest BCUT2D eigenvalue weighted by molar-refractivity contribution is 5.96. The van der Waals surface area contributed by atoms with E-state index in [1.165, 1.54) is 71.6 Å². The fourth-order valence-electron chi connectivity index (χ4n) is 8.45. The molecule has 0 saturated heterocycles. The molecule has 9 aromatic rings. The molecule has 0 unspecified atom stereocenters. The molecule has 9 aromatic carbocycles. The lowest BCUT2D eigenvalue weighted by molar-refractivity contribution is 0.631. The standard InChI is InChI=1S/C53H40N2/c1-53(2)49-18-10-11-19-51(49)55(45-16-4-3-5-17-45)52-31-23-38(33-50(52)53)21-20-37-22-24-44-36-48(30-27-43(44)32-37)54(46-28-25-39-12-6-8-14-41(39)34-46)47-29-26-40-13-7-9-15-42(40)35-47/h3-36H,1-2H3/b21-20+. The van der Waals surface area contributed by atoms with Gasteiger partial charge in [-0.1, -0.05) is 147 Å². The monoisotopic (exact) mass is 704 g/mol. The molecule has 0 N–H and O–H groups in total. The van der Waals surface area contributed by atoms with Crippen molar-refractivity contribution in [3.05, 3.63) is 216 Å². The van der Waals surface area contributed by atoms with E-state index in [4.69, 9.17) is 0 Å². The topological polar surface area (TPSA) is 6.48 Å². The van der Waals surface area contributed by atoms with Crippen LogP contribution in [0.4, 0.5) is 34.1 Å². The van der Waals surface area contributed by atoms with E-state index >= 15 is 0 Å². The number of fused-ring (bicyclic) bond motifs is 5. The van der Waals surface area contributed by atoms with Crippen LogP contribution >= 0.6 is 0 Å². The molecule has 0 saturated carbocycles. The maximum Gasteiger partial charge on any atom is 0.0503 e. The smallest absolute Gasteiger partial charge is 0.0503 e. The molecule has 0 atom stereocenters. The number of benzene rings is 9. The second-order valence-corrected chi connectivity index (χ2v) is 15.1. The van der Waals surface area contributed by atoms with Crippen molar-refractivity contribution in [2.75, 3.05) is 9.80 Å².